The molecule has 2 aliphatic carbocycles. The molecule has 0 radical (unpaired) electrons. The molecule has 21 aromatic rings. The van der Waals surface area contributed by atoms with E-state index in [1.807, 2.05) is 0 Å². The predicted octanol–water partition coefficient (Wildman–Crippen LogP) is 28.9. The van der Waals surface area contributed by atoms with Crippen LogP contribution < -0.4 is 35.7 Å². The Morgan fingerprint density at radius 2 is 0.551 bits per heavy atom. The van der Waals surface area contributed by atoms with Gasteiger partial charge in [-0.3, -0.25) is 0 Å². The van der Waals surface area contributed by atoms with Crippen molar-refractivity contribution >= 4 is 101 Å². The number of hydrogen-bond acceptors (Lipinski definition) is 4. The van der Waals surface area contributed by atoms with E-state index < -0.39 is 10.8 Å². The molecule has 19 aromatic carbocycles. The molecule has 7 heteroatoms. The van der Waals surface area contributed by atoms with E-state index in [2.05, 4.69) is 464 Å². The maximum atomic E-state index is 7.39. The summed E-state index contributed by atoms with van der Waals surface area (Å²) in [5, 5.41) is 4.82. The first-order valence-corrected chi connectivity index (χ1v) is 44.3. The molecule has 0 atom stereocenters. The van der Waals surface area contributed by atoms with Gasteiger partial charge in [0.25, 0.3) is 6.71 Å². The number of ether oxygens (including phenoxy) is 2. The van der Waals surface area contributed by atoms with Crippen molar-refractivity contribution in [2.45, 2.75) is 37.0 Å². The highest BCUT2D eigenvalue weighted by atomic mass is 16.5. The normalized spacial score (nSPS) is 14.0. The predicted molar refractivity (Wildman–Crippen MR) is 524 cm³/mol. The van der Waals surface area contributed by atoms with Gasteiger partial charge in [-0.1, -0.05) is 324 Å². The lowest BCUT2D eigenvalue weighted by Crippen LogP contribution is -2.61. The minimum atomic E-state index is -0.629. The van der Waals surface area contributed by atoms with E-state index in [-0.39, 0.29) is 12.1 Å². The van der Waals surface area contributed by atoms with Crippen LogP contribution in [0.5, 0.6) is 23.0 Å². The number of nitrogens with zero attached hydrogens (tertiary/aromatic N) is 4. The maximum Gasteiger partial charge on any atom is 0.252 e. The topological polar surface area (TPSA) is 34.8 Å². The number of rotatable bonds is 8. The molecule has 6 heterocycles. The molecule has 594 valence electrons. The molecule has 0 N–H and O–H groups in total. The van der Waals surface area contributed by atoms with E-state index in [0.717, 1.165) is 146 Å². The SMILES string of the molecule is CC(C)(C)c1cc2c3c(c1)N(c1ccccc1-c1ccc4c(c1)Oc1ccccc1C41c4ccccc4-c4ccccc41)c1cc(-c4ccc5c(c4)c4ccccc4n5-c4ccccc4)ccc1B3c1ccc(-c3ccc4c(c3)c3ccccc3n4-c3ccccc3)cc1N2c1ccccc1-c1ccc2c(c1)Oc1ccccc1C21c2ccccc2-c2ccccc21. The van der Waals surface area contributed by atoms with Crippen LogP contribution in [0.25, 0.3) is 122 Å². The van der Waals surface area contributed by atoms with Gasteiger partial charge in [0, 0.05) is 89.0 Å². The van der Waals surface area contributed by atoms with E-state index in [9.17, 15) is 0 Å². The Bertz CT molecular complexity index is 7750. The third-order valence-corrected chi connectivity index (χ3v) is 28.6. The molecule has 0 saturated heterocycles. The van der Waals surface area contributed by atoms with E-state index >= 15 is 0 Å². The van der Waals surface area contributed by atoms with Gasteiger partial charge in [0.15, 0.2) is 0 Å². The van der Waals surface area contributed by atoms with Crippen molar-refractivity contribution in [2.75, 3.05) is 9.80 Å². The van der Waals surface area contributed by atoms with E-state index in [4.69, 9.17) is 9.47 Å². The first kappa shape index (κ1) is 71.6. The fourth-order valence-electron chi connectivity index (χ4n) is 23.2. The zero-order valence-corrected chi connectivity index (χ0v) is 70.1. The average Bonchev–Trinajstić information content (AvgIpc) is 1.60. The molecule has 2 spiro atoms. The maximum absolute atomic E-state index is 7.39. The minimum absolute atomic E-state index is 0.257. The number of hydrogen-bond donors (Lipinski definition) is 0. The second-order valence-electron chi connectivity index (χ2n) is 36.0. The third-order valence-electron chi connectivity index (χ3n) is 28.6. The highest BCUT2D eigenvalue weighted by Gasteiger charge is 2.54. The van der Waals surface area contributed by atoms with Crippen LogP contribution in [-0.2, 0) is 16.2 Å². The van der Waals surface area contributed by atoms with Gasteiger partial charge in [-0.2, -0.15) is 0 Å². The second-order valence-corrected chi connectivity index (χ2v) is 36.0. The second kappa shape index (κ2) is 26.8. The summed E-state index contributed by atoms with van der Waals surface area (Å²) >= 11 is 0. The number of fused-ring (bicyclic) bond motifs is 28. The Kier molecular flexibility index (Phi) is 15.1. The molecule has 0 saturated carbocycles. The van der Waals surface area contributed by atoms with Gasteiger partial charge in [0.1, 0.15) is 23.0 Å². The molecule has 0 bridgehead atoms. The van der Waals surface area contributed by atoms with Gasteiger partial charge in [0.05, 0.1) is 44.3 Å². The monoisotopic (exact) mass is 1620 g/mol. The Morgan fingerprint density at radius 3 is 0.969 bits per heavy atom. The van der Waals surface area contributed by atoms with Gasteiger partial charge in [-0.15, -0.1) is 0 Å². The summed E-state index contributed by atoms with van der Waals surface area (Å²) in [6.45, 7) is 6.89. The number of benzene rings is 19. The van der Waals surface area contributed by atoms with Gasteiger partial charge < -0.3 is 28.4 Å². The Morgan fingerprint density at radius 1 is 0.228 bits per heavy atom. The highest BCUT2D eigenvalue weighted by molar-refractivity contribution is 7.00. The van der Waals surface area contributed by atoms with E-state index in [1.165, 1.54) is 99.0 Å². The minimum Gasteiger partial charge on any atom is -0.457 e. The van der Waals surface area contributed by atoms with Crippen LogP contribution in [0.3, 0.4) is 0 Å². The number of anilines is 6. The first-order valence-electron chi connectivity index (χ1n) is 44.3. The largest absolute Gasteiger partial charge is 0.457 e. The van der Waals surface area contributed by atoms with E-state index in [0.29, 0.717) is 0 Å². The Labute approximate surface area is 737 Å². The molecule has 0 unspecified atom stereocenters. The van der Waals surface area contributed by atoms with Crippen molar-refractivity contribution in [1.29, 1.82) is 0 Å². The smallest absolute Gasteiger partial charge is 0.252 e. The molecule has 0 amide bonds. The van der Waals surface area contributed by atoms with Gasteiger partial charge in [-0.05, 0) is 227 Å². The molecular weight excluding hydrogens is 1540 g/mol. The van der Waals surface area contributed by atoms with E-state index in [1.54, 1.807) is 0 Å². The van der Waals surface area contributed by atoms with Crippen LogP contribution in [0.4, 0.5) is 34.1 Å². The summed E-state index contributed by atoms with van der Waals surface area (Å²) < 4.78 is 19.6. The number of para-hydroxylation sites is 8. The van der Waals surface area contributed by atoms with Gasteiger partial charge >= 0.3 is 0 Å². The van der Waals surface area contributed by atoms with Gasteiger partial charge in [-0.25, -0.2) is 0 Å². The average molecular weight is 1620 g/mol. The number of aromatic nitrogens is 2. The lowest BCUT2D eigenvalue weighted by molar-refractivity contribution is 0.436. The quantitative estimate of drug-likeness (QED) is 0.142. The van der Waals surface area contributed by atoms with Crippen molar-refractivity contribution in [3.8, 4) is 101 Å². The Balaban J connectivity index is 0.707. The molecule has 0 fully saturated rings. The van der Waals surface area contributed by atoms with Crippen molar-refractivity contribution < 1.29 is 9.47 Å². The molecular formula is C120H79BN4O2. The summed E-state index contributed by atoms with van der Waals surface area (Å²) in [4.78, 5) is 5.30. The van der Waals surface area contributed by atoms with Crippen LogP contribution in [0.15, 0.2) is 425 Å². The van der Waals surface area contributed by atoms with Crippen LogP contribution in [0.1, 0.15) is 70.8 Å². The molecule has 127 heavy (non-hydrogen) atoms. The van der Waals surface area contributed by atoms with Crippen molar-refractivity contribution in [3.63, 3.8) is 0 Å². The fourth-order valence-corrected chi connectivity index (χ4v) is 23.2. The zero-order chi connectivity index (χ0) is 83.7. The van der Waals surface area contributed by atoms with Crippen LogP contribution in [0, 0.1) is 0 Å². The first-order chi connectivity index (χ1) is 62.6. The standard InChI is InChI=1S/C120H79BN4O2/c1-118(2,3)80-72-111-117-112(73-80)125(104-49-25-15-35-84(104)79-55-61-100-116(71-79)127-114-53-29-23-47-98(114)120(100)95-44-20-12-38-87(95)88-39-13-21-45-96(88)120)110-69-77(75-59-65-108-92(67-75)90-41-17-27-51-106(90)123(108)82-32-8-5-9-33-82)57-63-102(110)121(117)101-62-56-76(74-58-64-107-91(66-74)89-40-16-26-50-105(89)122(107)81-30-6-4-7-31-81)68-109(101)124(111)103-48-24-14-34-83(103)78-54-60-99-115(70-78)126-113-52-28-22-46-97(113)119(99)93-42-18-10-36-85(93)86-37-11-19-43-94(86)119/h4-73H,1-3H3. The molecule has 4 aliphatic heterocycles. The third kappa shape index (κ3) is 10.0. The molecule has 27 rings (SSSR count). The summed E-state index contributed by atoms with van der Waals surface area (Å²) in [5.74, 6) is 3.39. The Hall–Kier alpha value is -16.0. The molecule has 6 nitrogen and oxygen atoms in total. The summed E-state index contributed by atoms with van der Waals surface area (Å²) in [6, 6.07) is 159. The summed E-state index contributed by atoms with van der Waals surface area (Å²) in [7, 11) is 0. The van der Waals surface area contributed by atoms with Crippen LogP contribution in [-0.4, -0.2) is 15.8 Å². The molecule has 6 aliphatic rings. The lowest BCUT2D eigenvalue weighted by Gasteiger charge is -2.46. The van der Waals surface area contributed by atoms with Crippen molar-refractivity contribution in [3.05, 3.63) is 475 Å². The zero-order valence-electron chi connectivity index (χ0n) is 70.1. The molecule has 2 aromatic heterocycles. The van der Waals surface area contributed by atoms with Crippen molar-refractivity contribution in [2.24, 2.45) is 0 Å². The fraction of sp³-hybridized carbons (Fsp3) is 0.0500. The summed E-state index contributed by atoms with van der Waals surface area (Å²) in [5.41, 5.74) is 40.0. The van der Waals surface area contributed by atoms with Crippen LogP contribution in [0.2, 0.25) is 0 Å². The van der Waals surface area contributed by atoms with Crippen molar-refractivity contribution in [1.82, 2.24) is 9.13 Å². The highest BCUT2D eigenvalue weighted by Crippen LogP contribution is 2.65. The summed E-state index contributed by atoms with van der Waals surface area (Å²) in [6.07, 6.45) is 0. The van der Waals surface area contributed by atoms with Gasteiger partial charge in [0.2, 0.25) is 0 Å². The van der Waals surface area contributed by atoms with Crippen LogP contribution >= 0.6 is 0 Å². The lowest BCUT2D eigenvalue weighted by atomic mass is 9.33.